The molecule has 4 rings (SSSR count). The molecule has 0 saturated carbocycles. The highest BCUT2D eigenvalue weighted by Crippen LogP contribution is 2.41. The number of Topliss-reactive ketones (excluding diaryl/α,β-unsaturated/α-hetero) is 1. The molecule has 1 saturated heterocycles. The minimum atomic E-state index is -1.08. The highest BCUT2D eigenvalue weighted by atomic mass is 16.4. The van der Waals surface area contributed by atoms with E-state index >= 15 is 0 Å². The second kappa shape index (κ2) is 10.1. The Morgan fingerprint density at radius 2 is 1.29 bits per heavy atom. The number of carbonyl (C=O) groups excluding carboxylic acids is 1. The number of piperidine rings is 1. The Morgan fingerprint density at radius 1 is 0.800 bits per heavy atom. The van der Waals surface area contributed by atoms with E-state index in [1.54, 1.807) is 38.1 Å². The summed E-state index contributed by atoms with van der Waals surface area (Å²) >= 11 is 0. The average molecular weight is 472 g/mol. The number of carbonyl (C=O) groups is 2. The summed E-state index contributed by atoms with van der Waals surface area (Å²) < 4.78 is 0. The number of hydrogen-bond acceptors (Lipinski definition) is 4. The minimum Gasteiger partial charge on any atom is -0.481 e. The Labute approximate surface area is 207 Å². The molecule has 5 heteroatoms. The molecule has 3 aromatic carbocycles. The van der Waals surface area contributed by atoms with E-state index in [1.807, 2.05) is 60.7 Å². The summed E-state index contributed by atoms with van der Waals surface area (Å²) in [5.41, 5.74) is 0.962. The maximum absolute atomic E-state index is 12.9. The molecule has 0 spiro atoms. The van der Waals surface area contributed by atoms with Crippen LogP contribution in [-0.4, -0.2) is 46.5 Å². The van der Waals surface area contributed by atoms with Crippen LogP contribution in [0.25, 0.3) is 0 Å². The quantitative estimate of drug-likeness (QED) is 0.458. The minimum absolute atomic E-state index is 0.0181. The first-order chi connectivity index (χ1) is 16.7. The van der Waals surface area contributed by atoms with Gasteiger partial charge in [0.2, 0.25) is 0 Å². The van der Waals surface area contributed by atoms with Crippen LogP contribution in [0.3, 0.4) is 0 Å². The van der Waals surface area contributed by atoms with Crippen LogP contribution in [0.5, 0.6) is 0 Å². The van der Waals surface area contributed by atoms with Gasteiger partial charge in [-0.3, -0.25) is 14.5 Å². The summed E-state index contributed by atoms with van der Waals surface area (Å²) in [6.07, 6.45) is 1.55. The fourth-order valence-corrected chi connectivity index (χ4v) is 5.02. The topological polar surface area (TPSA) is 77.8 Å². The van der Waals surface area contributed by atoms with E-state index in [-0.39, 0.29) is 11.7 Å². The van der Waals surface area contributed by atoms with Crippen molar-refractivity contribution in [2.45, 2.75) is 37.7 Å². The molecule has 2 N–H and O–H groups in total. The van der Waals surface area contributed by atoms with Gasteiger partial charge in [-0.05, 0) is 62.4 Å². The van der Waals surface area contributed by atoms with Gasteiger partial charge >= 0.3 is 5.97 Å². The fourth-order valence-electron chi connectivity index (χ4n) is 5.02. The van der Waals surface area contributed by atoms with E-state index < -0.39 is 17.0 Å². The van der Waals surface area contributed by atoms with Crippen LogP contribution in [0.2, 0.25) is 0 Å². The van der Waals surface area contributed by atoms with Gasteiger partial charge in [0, 0.05) is 5.56 Å². The number of hydrogen-bond donors (Lipinski definition) is 2. The van der Waals surface area contributed by atoms with Crippen molar-refractivity contribution in [3.8, 4) is 0 Å². The Kier molecular flexibility index (Phi) is 7.20. The third-order valence-corrected chi connectivity index (χ3v) is 7.44. The summed E-state index contributed by atoms with van der Waals surface area (Å²) in [4.78, 5) is 26.6. The van der Waals surface area contributed by atoms with Crippen molar-refractivity contribution in [3.63, 3.8) is 0 Å². The molecule has 182 valence electrons. The molecule has 35 heavy (non-hydrogen) atoms. The molecule has 1 aliphatic rings. The normalized spacial score (nSPS) is 15.6. The van der Waals surface area contributed by atoms with Crippen LogP contribution in [0, 0.1) is 5.92 Å². The molecule has 1 fully saturated rings. The van der Waals surface area contributed by atoms with Crippen molar-refractivity contribution in [2.24, 2.45) is 5.92 Å². The highest BCUT2D eigenvalue weighted by molar-refractivity contribution is 5.97. The van der Waals surface area contributed by atoms with Gasteiger partial charge in [-0.1, -0.05) is 84.9 Å². The van der Waals surface area contributed by atoms with Crippen molar-refractivity contribution in [1.82, 2.24) is 4.90 Å². The van der Waals surface area contributed by atoms with Gasteiger partial charge in [-0.15, -0.1) is 0 Å². The lowest BCUT2D eigenvalue weighted by Gasteiger charge is -2.42. The van der Waals surface area contributed by atoms with Gasteiger partial charge in [0.1, 0.15) is 5.60 Å². The summed E-state index contributed by atoms with van der Waals surface area (Å²) in [7, 11) is 0. The predicted molar refractivity (Wildman–Crippen MR) is 136 cm³/mol. The first-order valence-corrected chi connectivity index (χ1v) is 12.2. The second-order valence-corrected chi connectivity index (χ2v) is 9.98. The number of carboxylic acids is 1. The van der Waals surface area contributed by atoms with Crippen LogP contribution >= 0.6 is 0 Å². The third kappa shape index (κ3) is 5.07. The second-order valence-electron chi connectivity index (χ2n) is 9.98. The van der Waals surface area contributed by atoms with Gasteiger partial charge in [0.15, 0.2) is 5.78 Å². The van der Waals surface area contributed by atoms with E-state index in [1.165, 1.54) is 0 Å². The number of rotatable bonds is 8. The van der Waals surface area contributed by atoms with Crippen molar-refractivity contribution >= 4 is 11.8 Å². The number of ketones is 1. The van der Waals surface area contributed by atoms with Gasteiger partial charge in [-0.2, -0.15) is 0 Å². The average Bonchev–Trinajstić information content (AvgIpc) is 2.89. The smallest absolute Gasteiger partial charge is 0.313 e. The van der Waals surface area contributed by atoms with Crippen LogP contribution in [0.4, 0.5) is 0 Å². The maximum Gasteiger partial charge on any atom is 0.313 e. The number of nitrogens with zero attached hydrogens (tertiary/aromatic N) is 1. The van der Waals surface area contributed by atoms with Gasteiger partial charge in [0.05, 0.1) is 12.0 Å². The van der Waals surface area contributed by atoms with Gasteiger partial charge in [0.25, 0.3) is 0 Å². The lowest BCUT2D eigenvalue weighted by molar-refractivity contribution is -0.142. The summed E-state index contributed by atoms with van der Waals surface area (Å²) in [6, 6.07) is 26.6. The molecule has 3 aromatic rings. The lowest BCUT2D eigenvalue weighted by atomic mass is 9.72. The number of likely N-dealkylation sites (tertiary alicyclic amines) is 1. The Bertz CT molecular complexity index is 1110. The first-order valence-electron chi connectivity index (χ1n) is 12.2. The third-order valence-electron chi connectivity index (χ3n) is 7.44. The molecule has 5 nitrogen and oxygen atoms in total. The van der Waals surface area contributed by atoms with Gasteiger partial charge in [-0.25, -0.2) is 0 Å². The van der Waals surface area contributed by atoms with Crippen LogP contribution in [0.15, 0.2) is 84.9 Å². The van der Waals surface area contributed by atoms with Crippen LogP contribution in [0.1, 0.15) is 53.7 Å². The number of aliphatic carboxylic acids is 1. The van der Waals surface area contributed by atoms with E-state index in [0.29, 0.717) is 17.7 Å². The maximum atomic E-state index is 12.9. The molecule has 0 bridgehead atoms. The SMILES string of the molecule is CC(C)(C(=O)O)c1ccc(C(=O)CN2CCC(C(O)(c3ccccc3)c3ccccc3)CC2)cc1. The van der Waals surface area contributed by atoms with Crippen molar-refractivity contribution in [3.05, 3.63) is 107 Å². The highest BCUT2D eigenvalue weighted by Gasteiger charge is 2.41. The molecule has 0 aliphatic carbocycles. The Hall–Kier alpha value is -3.28. The summed E-state index contributed by atoms with van der Waals surface area (Å²) in [5, 5.41) is 21.5. The first kappa shape index (κ1) is 24.8. The number of carboxylic acid groups (broad SMARTS) is 1. The van der Waals surface area contributed by atoms with Crippen molar-refractivity contribution < 1.29 is 19.8 Å². The molecule has 1 aliphatic heterocycles. The zero-order chi connectivity index (χ0) is 25.1. The molecule has 1 heterocycles. The summed E-state index contributed by atoms with van der Waals surface area (Å²) in [5.74, 6) is -0.842. The lowest BCUT2D eigenvalue weighted by Crippen LogP contribution is -2.45. The van der Waals surface area contributed by atoms with E-state index in [9.17, 15) is 19.8 Å². The van der Waals surface area contributed by atoms with Crippen LogP contribution in [-0.2, 0) is 15.8 Å². The molecular formula is C30H33NO4. The number of benzene rings is 3. The zero-order valence-electron chi connectivity index (χ0n) is 20.4. The monoisotopic (exact) mass is 471 g/mol. The van der Waals surface area contributed by atoms with E-state index in [2.05, 4.69) is 4.90 Å². The molecule has 0 aromatic heterocycles. The molecule has 0 amide bonds. The number of aliphatic hydroxyl groups is 1. The van der Waals surface area contributed by atoms with Gasteiger partial charge < -0.3 is 10.2 Å². The molecule has 0 unspecified atom stereocenters. The molecule has 0 radical (unpaired) electrons. The standard InChI is InChI=1S/C30H33NO4/c1-29(2,28(33)34)23-15-13-22(14-16-23)27(32)21-31-19-17-26(18-20-31)30(35,24-9-5-3-6-10-24)25-11-7-4-8-12-25/h3-16,26,35H,17-21H2,1-2H3,(H,33,34). The summed E-state index contributed by atoms with van der Waals surface area (Å²) in [6.45, 7) is 5.07. The largest absolute Gasteiger partial charge is 0.481 e. The van der Waals surface area contributed by atoms with E-state index in [0.717, 1.165) is 37.1 Å². The van der Waals surface area contributed by atoms with Crippen molar-refractivity contribution in [1.29, 1.82) is 0 Å². The van der Waals surface area contributed by atoms with E-state index in [4.69, 9.17) is 0 Å². The van der Waals surface area contributed by atoms with Crippen LogP contribution < -0.4 is 0 Å². The predicted octanol–water partition coefficient (Wildman–Crippen LogP) is 4.88. The van der Waals surface area contributed by atoms with Crippen molar-refractivity contribution in [2.75, 3.05) is 19.6 Å². The Morgan fingerprint density at radius 3 is 1.74 bits per heavy atom. The molecule has 0 atom stereocenters. The Balaban J connectivity index is 1.43. The zero-order valence-corrected chi connectivity index (χ0v) is 20.4. The molecular weight excluding hydrogens is 438 g/mol. The fraction of sp³-hybridized carbons (Fsp3) is 0.333.